The Morgan fingerprint density at radius 1 is 1.33 bits per heavy atom. The summed E-state index contributed by atoms with van der Waals surface area (Å²) in [6, 6.07) is 1.34. The maximum atomic E-state index is 13.2. The molecule has 0 N–H and O–H groups in total. The van der Waals surface area contributed by atoms with Crippen LogP contribution in [0, 0.1) is 5.82 Å². The van der Waals surface area contributed by atoms with Gasteiger partial charge in [0.05, 0.1) is 11.9 Å². The normalized spacial score (nSPS) is 26.1. The lowest BCUT2D eigenvalue weighted by Gasteiger charge is -2.35. The molecule has 0 bridgehead atoms. The van der Waals surface area contributed by atoms with Gasteiger partial charge in [0, 0.05) is 12.6 Å². The van der Waals surface area contributed by atoms with Gasteiger partial charge in [0.15, 0.2) is 9.84 Å². The Hall–Kier alpha value is -1.17. The molecule has 6 heteroatoms. The van der Waals surface area contributed by atoms with Gasteiger partial charge < -0.3 is 4.90 Å². The average molecular weight is 270 g/mol. The van der Waals surface area contributed by atoms with E-state index < -0.39 is 15.7 Å². The molecule has 1 saturated heterocycles. The van der Waals surface area contributed by atoms with E-state index in [9.17, 15) is 12.8 Å². The van der Waals surface area contributed by atoms with E-state index >= 15 is 0 Å². The van der Waals surface area contributed by atoms with Gasteiger partial charge in [-0.3, -0.25) is 0 Å². The fraction of sp³-hybridized carbons (Fsp3) is 0.583. The minimum atomic E-state index is -3.40. The predicted molar refractivity (Wildman–Crippen MR) is 65.8 cm³/mol. The largest absolute Gasteiger partial charge is 0.353 e. The van der Waals surface area contributed by atoms with E-state index in [1.165, 1.54) is 0 Å². The van der Waals surface area contributed by atoms with Crippen molar-refractivity contribution < 1.29 is 12.8 Å². The highest BCUT2D eigenvalue weighted by Crippen LogP contribution is 2.34. The van der Waals surface area contributed by atoms with Crippen molar-refractivity contribution >= 4 is 15.7 Å². The Balaban J connectivity index is 2.17. The van der Waals surface area contributed by atoms with E-state index in [4.69, 9.17) is 0 Å². The Kier molecular flexibility index (Phi) is 2.77. The third-order valence-corrected chi connectivity index (χ3v) is 5.50. The van der Waals surface area contributed by atoms with Crippen LogP contribution in [0.25, 0.3) is 0 Å². The first-order valence-corrected chi connectivity index (χ1v) is 7.88. The van der Waals surface area contributed by atoms with Crippen molar-refractivity contribution in [3.63, 3.8) is 0 Å². The quantitative estimate of drug-likeness (QED) is 0.721. The molecule has 0 radical (unpaired) electrons. The summed E-state index contributed by atoms with van der Waals surface area (Å²) >= 11 is 0. The average Bonchev–Trinajstić information content (AvgIpc) is 2.46. The van der Waals surface area contributed by atoms with Gasteiger partial charge in [-0.15, -0.1) is 0 Å². The standard InChI is InChI=1S/C12H15FN2O2S/c13-9-7-11-12(14-8-9)15-5-2-1-3-10(15)4-6-18(11,16)17/h7-8,10H,1-6H2/t10-/m1/s1. The molecular formula is C12H15FN2O2S. The van der Waals surface area contributed by atoms with E-state index in [0.29, 0.717) is 12.2 Å². The molecule has 0 unspecified atom stereocenters. The van der Waals surface area contributed by atoms with Crippen molar-refractivity contribution in [1.82, 2.24) is 4.98 Å². The molecule has 3 rings (SSSR count). The van der Waals surface area contributed by atoms with Crippen LogP contribution in [0.1, 0.15) is 25.7 Å². The van der Waals surface area contributed by atoms with E-state index in [2.05, 4.69) is 4.98 Å². The lowest BCUT2D eigenvalue weighted by Crippen LogP contribution is -2.39. The fourth-order valence-electron chi connectivity index (χ4n) is 2.84. The molecule has 0 spiro atoms. The number of halogens is 1. The summed E-state index contributed by atoms with van der Waals surface area (Å²) in [6.07, 6.45) is 4.87. The number of hydrogen-bond donors (Lipinski definition) is 0. The van der Waals surface area contributed by atoms with E-state index in [0.717, 1.165) is 38.1 Å². The number of piperidine rings is 1. The number of pyridine rings is 1. The van der Waals surface area contributed by atoms with Crippen LogP contribution in [0.5, 0.6) is 0 Å². The van der Waals surface area contributed by atoms with Gasteiger partial charge in [-0.1, -0.05) is 0 Å². The van der Waals surface area contributed by atoms with Gasteiger partial charge >= 0.3 is 0 Å². The zero-order valence-corrected chi connectivity index (χ0v) is 10.8. The van der Waals surface area contributed by atoms with Gasteiger partial charge in [0.2, 0.25) is 0 Å². The molecule has 1 aromatic rings. The van der Waals surface area contributed by atoms with Gasteiger partial charge in [-0.25, -0.2) is 17.8 Å². The summed E-state index contributed by atoms with van der Waals surface area (Å²) in [6.45, 7) is 0.811. The SMILES string of the molecule is O=S1(=O)CC[C@H]2CCCCN2c2ncc(F)cc21. The second-order valence-corrected chi connectivity index (χ2v) is 7.00. The summed E-state index contributed by atoms with van der Waals surface area (Å²) in [5.74, 6) is -0.0573. The Bertz CT molecular complexity index is 573. The maximum Gasteiger partial charge on any atom is 0.182 e. The summed E-state index contributed by atoms with van der Waals surface area (Å²) in [5.41, 5.74) is 0. The molecule has 0 aliphatic carbocycles. The Morgan fingerprint density at radius 3 is 3.00 bits per heavy atom. The Labute approximate surface area is 106 Å². The predicted octanol–water partition coefficient (Wildman–Crippen LogP) is 1.76. The molecule has 4 nitrogen and oxygen atoms in total. The highest BCUT2D eigenvalue weighted by molar-refractivity contribution is 7.91. The summed E-state index contributed by atoms with van der Waals surface area (Å²) in [4.78, 5) is 6.14. The highest BCUT2D eigenvalue weighted by Gasteiger charge is 2.34. The molecule has 0 aromatic carbocycles. The van der Waals surface area contributed by atoms with Crippen molar-refractivity contribution in [3.05, 3.63) is 18.1 Å². The maximum absolute atomic E-state index is 13.2. The molecular weight excluding hydrogens is 255 g/mol. The summed E-state index contributed by atoms with van der Waals surface area (Å²) < 4.78 is 37.6. The van der Waals surface area contributed by atoms with Crippen molar-refractivity contribution in [1.29, 1.82) is 0 Å². The van der Waals surface area contributed by atoms with E-state index in [-0.39, 0.29) is 16.7 Å². The van der Waals surface area contributed by atoms with Crippen LogP contribution in [0.4, 0.5) is 10.2 Å². The van der Waals surface area contributed by atoms with Crippen LogP contribution in [0.15, 0.2) is 17.2 Å². The Morgan fingerprint density at radius 2 is 2.17 bits per heavy atom. The number of anilines is 1. The third-order valence-electron chi connectivity index (χ3n) is 3.75. The van der Waals surface area contributed by atoms with Gasteiger partial charge in [-0.2, -0.15) is 0 Å². The summed E-state index contributed by atoms with van der Waals surface area (Å²) in [5, 5.41) is 0. The van der Waals surface area contributed by atoms with E-state index in [1.54, 1.807) is 0 Å². The van der Waals surface area contributed by atoms with Gasteiger partial charge in [-0.05, 0) is 31.7 Å². The molecule has 0 amide bonds. The van der Waals surface area contributed by atoms with Crippen LogP contribution < -0.4 is 4.90 Å². The lowest BCUT2D eigenvalue weighted by molar-refractivity contribution is 0.447. The molecule has 18 heavy (non-hydrogen) atoms. The van der Waals surface area contributed by atoms with Crippen LogP contribution in [-0.2, 0) is 9.84 Å². The minimum Gasteiger partial charge on any atom is -0.353 e. The number of hydrogen-bond acceptors (Lipinski definition) is 4. The minimum absolute atomic E-state index is 0.0619. The molecule has 0 saturated carbocycles. The highest BCUT2D eigenvalue weighted by atomic mass is 32.2. The number of sulfone groups is 1. The zero-order valence-electron chi connectivity index (χ0n) is 9.97. The first-order valence-electron chi connectivity index (χ1n) is 6.23. The third kappa shape index (κ3) is 1.88. The van der Waals surface area contributed by atoms with Crippen LogP contribution in [0.2, 0.25) is 0 Å². The van der Waals surface area contributed by atoms with Gasteiger partial charge in [0.1, 0.15) is 16.5 Å². The van der Waals surface area contributed by atoms with E-state index in [1.807, 2.05) is 4.90 Å². The van der Waals surface area contributed by atoms with Gasteiger partial charge in [0.25, 0.3) is 0 Å². The number of aromatic nitrogens is 1. The second kappa shape index (κ2) is 4.19. The number of rotatable bonds is 0. The summed E-state index contributed by atoms with van der Waals surface area (Å²) in [7, 11) is -3.40. The van der Waals surface area contributed by atoms with Crippen LogP contribution in [-0.4, -0.2) is 31.7 Å². The van der Waals surface area contributed by atoms with Crippen LogP contribution >= 0.6 is 0 Å². The van der Waals surface area contributed by atoms with Crippen LogP contribution in [0.3, 0.4) is 0 Å². The van der Waals surface area contributed by atoms with Crippen molar-refractivity contribution in [3.8, 4) is 0 Å². The number of fused-ring (bicyclic) bond motifs is 3. The molecule has 1 atom stereocenters. The van der Waals surface area contributed by atoms with Crippen molar-refractivity contribution in [2.75, 3.05) is 17.2 Å². The fourth-order valence-corrected chi connectivity index (χ4v) is 4.38. The molecule has 2 aliphatic rings. The zero-order chi connectivity index (χ0) is 12.8. The first-order chi connectivity index (χ1) is 8.58. The smallest absolute Gasteiger partial charge is 0.182 e. The van der Waals surface area contributed by atoms with Crippen molar-refractivity contribution in [2.45, 2.75) is 36.6 Å². The molecule has 3 heterocycles. The molecule has 1 aromatic heterocycles. The van der Waals surface area contributed by atoms with Crippen molar-refractivity contribution in [2.24, 2.45) is 0 Å². The topological polar surface area (TPSA) is 50.3 Å². The monoisotopic (exact) mass is 270 g/mol. The molecule has 1 fully saturated rings. The lowest BCUT2D eigenvalue weighted by atomic mass is 10.00. The first kappa shape index (κ1) is 11.9. The second-order valence-electron chi connectivity index (χ2n) is 4.93. The number of nitrogens with zero attached hydrogens (tertiary/aromatic N) is 2. The molecule has 2 aliphatic heterocycles. The molecule has 98 valence electrons.